The third-order valence-corrected chi connectivity index (χ3v) is 7.77. The average molecular weight is 559 g/mol. The van der Waals surface area contributed by atoms with Gasteiger partial charge in [-0.25, -0.2) is 4.98 Å². The number of likely N-dealkylation sites (tertiary alicyclic amines) is 1. The van der Waals surface area contributed by atoms with Crippen molar-refractivity contribution >= 4 is 29.4 Å². The molecule has 0 bridgehead atoms. The van der Waals surface area contributed by atoms with Gasteiger partial charge in [0, 0.05) is 59.0 Å². The van der Waals surface area contributed by atoms with E-state index in [1.54, 1.807) is 28.9 Å². The number of benzene rings is 2. The van der Waals surface area contributed by atoms with E-state index in [0.717, 1.165) is 27.1 Å². The number of hydrogen-bond donors (Lipinski definition) is 2. The van der Waals surface area contributed by atoms with Gasteiger partial charge >= 0.3 is 6.18 Å². The summed E-state index contributed by atoms with van der Waals surface area (Å²) < 4.78 is 39.2. The predicted molar refractivity (Wildman–Crippen MR) is 146 cm³/mol. The van der Waals surface area contributed by atoms with Gasteiger partial charge in [-0.3, -0.25) is 4.90 Å². The van der Waals surface area contributed by atoms with Crippen molar-refractivity contribution in [2.24, 2.45) is 0 Å². The zero-order valence-electron chi connectivity index (χ0n) is 20.4. The Morgan fingerprint density at radius 2 is 1.87 bits per heavy atom. The molecule has 1 fully saturated rings. The molecule has 2 unspecified atom stereocenters. The summed E-state index contributed by atoms with van der Waals surface area (Å²) in [7, 11) is 0. The zero-order chi connectivity index (χ0) is 27.3. The Morgan fingerprint density at radius 3 is 2.50 bits per heavy atom. The third-order valence-electron chi connectivity index (χ3n) is 6.45. The van der Waals surface area contributed by atoms with Crippen LogP contribution in [0.2, 0.25) is 5.02 Å². The normalized spacial score (nSPS) is 20.0. The highest BCUT2D eigenvalue weighted by Gasteiger charge is 2.59. The Labute approximate surface area is 229 Å². The van der Waals surface area contributed by atoms with Crippen LogP contribution in [0.3, 0.4) is 0 Å². The molecule has 38 heavy (non-hydrogen) atoms. The minimum Gasteiger partial charge on any atom is -0.388 e. The molecule has 198 valence electrons. The Bertz CT molecular complexity index is 1340. The Kier molecular flexibility index (Phi) is 8.86. The van der Waals surface area contributed by atoms with E-state index < -0.39 is 24.3 Å². The fourth-order valence-corrected chi connectivity index (χ4v) is 5.30. The number of thioether (sulfide) groups is 1. The van der Waals surface area contributed by atoms with Crippen LogP contribution in [0.15, 0.2) is 72.3 Å². The van der Waals surface area contributed by atoms with Crippen molar-refractivity contribution in [3.8, 4) is 23.0 Å². The van der Waals surface area contributed by atoms with Gasteiger partial charge in [-0.15, -0.1) is 11.8 Å². The molecule has 0 radical (unpaired) electrons. The lowest BCUT2D eigenvalue weighted by molar-refractivity contribution is -0.302. The number of pyridine rings is 1. The van der Waals surface area contributed by atoms with Crippen LogP contribution in [-0.2, 0) is 0 Å². The molecule has 0 aliphatic carbocycles. The highest BCUT2D eigenvalue weighted by molar-refractivity contribution is 7.99. The molecule has 0 spiro atoms. The van der Waals surface area contributed by atoms with Crippen molar-refractivity contribution in [1.82, 2.24) is 9.88 Å². The van der Waals surface area contributed by atoms with Gasteiger partial charge in [0.25, 0.3) is 0 Å². The first-order valence-electron chi connectivity index (χ1n) is 11.9. The minimum absolute atomic E-state index is 0.0607. The van der Waals surface area contributed by atoms with Crippen LogP contribution in [-0.4, -0.2) is 63.4 Å². The molecule has 4 nitrogen and oxygen atoms in total. The summed E-state index contributed by atoms with van der Waals surface area (Å²) in [6.07, 6.45) is -3.76. The quantitative estimate of drug-likeness (QED) is 0.292. The lowest BCUT2D eigenvalue weighted by atomic mass is 9.88. The van der Waals surface area contributed by atoms with Gasteiger partial charge in [0.1, 0.15) is 11.8 Å². The second-order valence-electron chi connectivity index (χ2n) is 8.98. The number of piperidine rings is 1. The number of halogens is 4. The van der Waals surface area contributed by atoms with E-state index in [-0.39, 0.29) is 13.1 Å². The summed E-state index contributed by atoms with van der Waals surface area (Å²) in [6.45, 7) is 4.19. The van der Waals surface area contributed by atoms with Gasteiger partial charge in [0.2, 0.25) is 0 Å². The molecule has 1 saturated heterocycles. The Balaban J connectivity index is 1.34. The number of aromatic nitrogens is 1. The standard InChI is InChI=1S/C29H26ClF3N2O2S/c1-2-21-17-20(3-10-25-11-7-23(18-34-25)22-5-8-24(30)9-6-22)4-12-26(21)38-16-15-35-14-13-28(37,27(36)19-35)29(31,32)33/h2,4-9,11-12,17-18,27,36-37H,1,13-16,19H2. The van der Waals surface area contributed by atoms with Gasteiger partial charge < -0.3 is 10.2 Å². The molecule has 1 aromatic heterocycles. The molecule has 0 amide bonds. The second kappa shape index (κ2) is 11.9. The Hall–Kier alpha value is -2.80. The fraction of sp³-hybridized carbons (Fsp3) is 0.276. The van der Waals surface area contributed by atoms with Gasteiger partial charge in [0.15, 0.2) is 5.60 Å². The molecule has 2 N–H and O–H groups in total. The van der Waals surface area contributed by atoms with Crippen LogP contribution in [0.1, 0.15) is 23.2 Å². The molecule has 2 heterocycles. The average Bonchev–Trinajstić information content (AvgIpc) is 2.90. The van der Waals surface area contributed by atoms with E-state index in [4.69, 9.17) is 11.6 Å². The second-order valence-corrected chi connectivity index (χ2v) is 10.6. The van der Waals surface area contributed by atoms with Crippen LogP contribution in [0, 0.1) is 11.8 Å². The first kappa shape index (κ1) is 28.2. The number of rotatable bonds is 6. The summed E-state index contributed by atoms with van der Waals surface area (Å²) >= 11 is 7.49. The molecule has 9 heteroatoms. The fourth-order valence-electron chi connectivity index (χ4n) is 4.13. The molecule has 2 atom stereocenters. The molecule has 2 aromatic carbocycles. The number of hydrogen-bond acceptors (Lipinski definition) is 5. The van der Waals surface area contributed by atoms with Crippen LogP contribution >= 0.6 is 23.4 Å². The van der Waals surface area contributed by atoms with E-state index >= 15 is 0 Å². The molecule has 4 rings (SSSR count). The van der Waals surface area contributed by atoms with Crippen molar-refractivity contribution in [2.45, 2.75) is 29.2 Å². The van der Waals surface area contributed by atoms with Crippen molar-refractivity contribution in [3.05, 3.63) is 89.2 Å². The number of nitrogens with zero attached hydrogens (tertiary/aromatic N) is 2. The van der Waals surface area contributed by atoms with Crippen molar-refractivity contribution in [2.75, 3.05) is 25.4 Å². The first-order valence-corrected chi connectivity index (χ1v) is 13.3. The summed E-state index contributed by atoms with van der Waals surface area (Å²) in [5, 5.41) is 20.4. The van der Waals surface area contributed by atoms with Crippen LogP contribution in [0.5, 0.6) is 0 Å². The van der Waals surface area contributed by atoms with Crippen molar-refractivity contribution < 1.29 is 23.4 Å². The molecule has 1 aliphatic rings. The third kappa shape index (κ3) is 6.60. The predicted octanol–water partition coefficient (Wildman–Crippen LogP) is 5.90. The zero-order valence-corrected chi connectivity index (χ0v) is 22.0. The van der Waals surface area contributed by atoms with Crippen LogP contribution in [0.4, 0.5) is 13.2 Å². The lowest BCUT2D eigenvalue weighted by Gasteiger charge is -2.42. The van der Waals surface area contributed by atoms with E-state index in [1.807, 2.05) is 54.6 Å². The van der Waals surface area contributed by atoms with Crippen molar-refractivity contribution in [3.63, 3.8) is 0 Å². The minimum atomic E-state index is -4.85. The molecule has 3 aromatic rings. The van der Waals surface area contributed by atoms with E-state index in [2.05, 4.69) is 23.4 Å². The highest BCUT2D eigenvalue weighted by Crippen LogP contribution is 2.38. The number of aliphatic hydroxyl groups excluding tert-OH is 1. The highest BCUT2D eigenvalue weighted by atomic mass is 35.5. The lowest BCUT2D eigenvalue weighted by Crippen LogP contribution is -2.63. The van der Waals surface area contributed by atoms with Gasteiger partial charge in [0.05, 0.1) is 0 Å². The van der Waals surface area contributed by atoms with Crippen LogP contribution < -0.4 is 0 Å². The largest absolute Gasteiger partial charge is 0.419 e. The van der Waals surface area contributed by atoms with Gasteiger partial charge in [-0.1, -0.05) is 48.4 Å². The summed E-state index contributed by atoms with van der Waals surface area (Å²) in [6, 6.07) is 17.1. The van der Waals surface area contributed by atoms with E-state index in [0.29, 0.717) is 23.0 Å². The van der Waals surface area contributed by atoms with E-state index in [1.165, 1.54) is 0 Å². The molecular weight excluding hydrogens is 533 g/mol. The molecule has 1 aliphatic heterocycles. The maximum absolute atomic E-state index is 13.1. The summed E-state index contributed by atoms with van der Waals surface area (Å²) in [5.41, 5.74) is 1.29. The topological polar surface area (TPSA) is 56.6 Å². The SMILES string of the molecule is C=Cc1cc(C#Cc2ccc(-c3ccc(Cl)cc3)cn2)ccc1SCCN1CCC(O)(C(F)(F)F)C(O)C1. The summed E-state index contributed by atoms with van der Waals surface area (Å²) in [4.78, 5) is 7.14. The smallest absolute Gasteiger partial charge is 0.388 e. The van der Waals surface area contributed by atoms with Crippen molar-refractivity contribution in [1.29, 1.82) is 0 Å². The number of aliphatic hydroxyl groups is 2. The summed E-state index contributed by atoms with van der Waals surface area (Å²) in [5.74, 6) is 6.80. The first-order chi connectivity index (χ1) is 18.1. The molecule has 0 saturated carbocycles. The molecular formula is C29H26ClF3N2O2S. The van der Waals surface area contributed by atoms with Gasteiger partial charge in [-0.05, 0) is 53.4 Å². The van der Waals surface area contributed by atoms with E-state index in [9.17, 15) is 23.4 Å². The maximum Gasteiger partial charge on any atom is 0.419 e. The van der Waals surface area contributed by atoms with Gasteiger partial charge in [-0.2, -0.15) is 13.2 Å². The maximum atomic E-state index is 13.1. The monoisotopic (exact) mass is 558 g/mol. The number of β-amino-alcohol motifs (C(OH)–C–C–N with tert-alkyl or cyclic N) is 1. The van der Waals surface area contributed by atoms with Crippen LogP contribution in [0.25, 0.3) is 17.2 Å². The Morgan fingerprint density at radius 1 is 1.13 bits per heavy atom. The number of alkyl halides is 3.